The molecular weight excluding hydrogens is 388 g/mol. The lowest BCUT2D eigenvalue weighted by atomic mass is 9.90. The zero-order chi connectivity index (χ0) is 20.2. The lowest BCUT2D eigenvalue weighted by Crippen LogP contribution is -2.38. The maximum atomic E-state index is 12.8. The topological polar surface area (TPSA) is 81.3 Å². The number of nitro groups is 1. The van der Waals surface area contributed by atoms with Gasteiger partial charge in [0.1, 0.15) is 0 Å². The number of nitrogens with zero attached hydrogens (tertiary/aromatic N) is 4. The van der Waals surface area contributed by atoms with Crippen LogP contribution in [0.3, 0.4) is 0 Å². The number of aromatic nitrogens is 2. The van der Waals surface area contributed by atoms with Crippen molar-refractivity contribution < 1.29 is 9.72 Å². The molecule has 0 unspecified atom stereocenters. The van der Waals surface area contributed by atoms with Crippen LogP contribution >= 0.6 is 11.3 Å². The Labute approximate surface area is 172 Å². The monoisotopic (exact) mass is 410 g/mol. The van der Waals surface area contributed by atoms with Crippen LogP contribution in [0.25, 0.3) is 0 Å². The van der Waals surface area contributed by atoms with Crippen molar-refractivity contribution >= 4 is 23.1 Å². The molecule has 0 spiro atoms. The van der Waals surface area contributed by atoms with E-state index in [9.17, 15) is 14.9 Å². The number of thiophene rings is 1. The van der Waals surface area contributed by atoms with E-state index in [2.05, 4.69) is 29.4 Å². The van der Waals surface area contributed by atoms with Crippen LogP contribution in [0.4, 0.5) is 5.82 Å². The van der Waals surface area contributed by atoms with Gasteiger partial charge in [0.2, 0.25) is 0 Å². The molecule has 1 aromatic carbocycles. The number of amides is 1. The highest BCUT2D eigenvalue weighted by Gasteiger charge is 2.25. The summed E-state index contributed by atoms with van der Waals surface area (Å²) >= 11 is 1.42. The molecule has 0 N–H and O–H groups in total. The number of carbonyl (C=O) groups is 1. The van der Waals surface area contributed by atoms with E-state index in [-0.39, 0.29) is 11.7 Å². The SMILES string of the molecule is O=C(c1cc(Cn2ccc([N+](=O)[O-])n2)cs1)N1CCC(Cc2ccccc2)CC1. The van der Waals surface area contributed by atoms with E-state index >= 15 is 0 Å². The molecule has 0 bridgehead atoms. The normalized spacial score (nSPS) is 14.8. The number of piperidine rings is 1. The van der Waals surface area contributed by atoms with E-state index in [0.717, 1.165) is 37.9 Å². The fraction of sp³-hybridized carbons (Fsp3) is 0.333. The number of benzene rings is 1. The standard InChI is InChI=1S/C21H22N4O3S/c26-21(23-9-6-17(7-10-23)12-16-4-2-1-3-5-16)19-13-18(15-29-19)14-24-11-8-20(22-24)25(27)28/h1-5,8,11,13,15,17H,6-7,9-10,12,14H2. The molecule has 1 fully saturated rings. The summed E-state index contributed by atoms with van der Waals surface area (Å²) in [7, 11) is 0. The van der Waals surface area contributed by atoms with Crippen molar-refractivity contribution in [1.82, 2.24) is 14.7 Å². The quantitative estimate of drug-likeness (QED) is 0.454. The van der Waals surface area contributed by atoms with Crippen molar-refractivity contribution in [2.75, 3.05) is 13.1 Å². The Bertz CT molecular complexity index is 990. The van der Waals surface area contributed by atoms with Crippen LogP contribution in [0.15, 0.2) is 54.0 Å². The van der Waals surface area contributed by atoms with Crippen LogP contribution in [0, 0.1) is 16.0 Å². The highest BCUT2D eigenvalue weighted by molar-refractivity contribution is 7.12. The molecule has 8 heteroatoms. The van der Waals surface area contributed by atoms with Crippen LogP contribution < -0.4 is 0 Å². The third-order valence-electron chi connectivity index (χ3n) is 5.29. The molecule has 1 amide bonds. The first-order valence-electron chi connectivity index (χ1n) is 9.67. The van der Waals surface area contributed by atoms with Crippen LogP contribution in [-0.2, 0) is 13.0 Å². The van der Waals surface area contributed by atoms with Gasteiger partial charge < -0.3 is 15.0 Å². The smallest absolute Gasteiger partial charge is 0.358 e. The summed E-state index contributed by atoms with van der Waals surface area (Å²) < 4.78 is 1.52. The summed E-state index contributed by atoms with van der Waals surface area (Å²) in [6, 6.07) is 13.8. The molecular formula is C21H22N4O3S. The molecule has 150 valence electrons. The molecule has 1 aliphatic heterocycles. The van der Waals surface area contributed by atoms with Crippen LogP contribution in [0.1, 0.15) is 33.6 Å². The summed E-state index contributed by atoms with van der Waals surface area (Å²) in [5.74, 6) is 0.525. The Kier molecular flexibility index (Phi) is 5.71. The predicted molar refractivity (Wildman–Crippen MR) is 111 cm³/mol. The fourth-order valence-electron chi connectivity index (χ4n) is 3.74. The molecule has 0 atom stereocenters. The summed E-state index contributed by atoms with van der Waals surface area (Å²) in [5, 5.41) is 16.6. The number of carbonyl (C=O) groups excluding carboxylic acids is 1. The molecule has 29 heavy (non-hydrogen) atoms. The van der Waals surface area contributed by atoms with Gasteiger partial charge in [-0.15, -0.1) is 11.3 Å². The Morgan fingerprint density at radius 1 is 1.17 bits per heavy atom. The van der Waals surface area contributed by atoms with Crippen LogP contribution in [-0.4, -0.2) is 38.6 Å². The second-order valence-corrected chi connectivity index (χ2v) is 8.28. The lowest BCUT2D eigenvalue weighted by Gasteiger charge is -2.31. The van der Waals surface area contributed by atoms with Crippen molar-refractivity contribution in [3.05, 3.63) is 80.2 Å². The molecule has 3 aromatic rings. The predicted octanol–water partition coefficient (Wildman–Crippen LogP) is 4.00. The maximum Gasteiger partial charge on any atom is 0.389 e. The van der Waals surface area contributed by atoms with Crippen LogP contribution in [0.5, 0.6) is 0 Å². The van der Waals surface area contributed by atoms with Gasteiger partial charge in [-0.2, -0.15) is 4.68 Å². The average Bonchev–Trinajstić information content (AvgIpc) is 3.39. The minimum atomic E-state index is -0.513. The van der Waals surface area contributed by atoms with Gasteiger partial charge in [-0.25, -0.2) is 0 Å². The summed E-state index contributed by atoms with van der Waals surface area (Å²) in [4.78, 5) is 25.7. The molecule has 3 heterocycles. The first-order chi connectivity index (χ1) is 14.1. The zero-order valence-electron chi connectivity index (χ0n) is 15.9. The first-order valence-corrected chi connectivity index (χ1v) is 10.5. The highest BCUT2D eigenvalue weighted by atomic mass is 32.1. The zero-order valence-corrected chi connectivity index (χ0v) is 16.8. The molecule has 2 aromatic heterocycles. The average molecular weight is 410 g/mol. The summed E-state index contributed by atoms with van der Waals surface area (Å²) in [6.45, 7) is 1.99. The van der Waals surface area contributed by atoms with Crippen molar-refractivity contribution in [3.63, 3.8) is 0 Å². The van der Waals surface area contributed by atoms with E-state index in [4.69, 9.17) is 0 Å². The Morgan fingerprint density at radius 2 is 1.93 bits per heavy atom. The van der Waals surface area contributed by atoms with E-state index in [1.165, 1.54) is 27.6 Å². The first kappa shape index (κ1) is 19.3. The molecule has 0 aliphatic carbocycles. The van der Waals surface area contributed by atoms with E-state index < -0.39 is 4.92 Å². The van der Waals surface area contributed by atoms with Gasteiger partial charge in [0.05, 0.1) is 28.8 Å². The van der Waals surface area contributed by atoms with Gasteiger partial charge in [0.25, 0.3) is 5.91 Å². The van der Waals surface area contributed by atoms with E-state index in [0.29, 0.717) is 17.3 Å². The molecule has 4 rings (SSSR count). The highest BCUT2D eigenvalue weighted by Crippen LogP contribution is 2.25. The molecule has 1 saturated heterocycles. The van der Waals surface area contributed by atoms with Gasteiger partial charge >= 0.3 is 5.82 Å². The van der Waals surface area contributed by atoms with Crippen molar-refractivity contribution in [2.24, 2.45) is 5.92 Å². The second kappa shape index (κ2) is 8.57. The molecule has 7 nitrogen and oxygen atoms in total. The van der Waals surface area contributed by atoms with E-state index in [1.807, 2.05) is 22.4 Å². The lowest BCUT2D eigenvalue weighted by molar-refractivity contribution is -0.389. The molecule has 0 radical (unpaired) electrons. The number of hydrogen-bond acceptors (Lipinski definition) is 5. The minimum absolute atomic E-state index is 0.0749. The van der Waals surface area contributed by atoms with Crippen molar-refractivity contribution in [1.29, 1.82) is 0 Å². The second-order valence-electron chi connectivity index (χ2n) is 7.37. The van der Waals surface area contributed by atoms with Gasteiger partial charge in [0, 0.05) is 13.1 Å². The van der Waals surface area contributed by atoms with Crippen molar-refractivity contribution in [3.8, 4) is 0 Å². The van der Waals surface area contributed by atoms with Gasteiger partial charge in [-0.3, -0.25) is 4.79 Å². The van der Waals surface area contributed by atoms with Crippen molar-refractivity contribution in [2.45, 2.75) is 25.8 Å². The fourth-order valence-corrected chi connectivity index (χ4v) is 4.61. The summed E-state index contributed by atoms with van der Waals surface area (Å²) in [5.41, 5.74) is 2.29. The maximum absolute atomic E-state index is 12.8. The molecule has 1 aliphatic rings. The minimum Gasteiger partial charge on any atom is -0.358 e. The van der Waals surface area contributed by atoms with Gasteiger partial charge in [-0.05, 0) is 52.7 Å². The Hall–Kier alpha value is -3.00. The summed E-state index contributed by atoms with van der Waals surface area (Å²) in [6.07, 6.45) is 4.70. The Morgan fingerprint density at radius 3 is 2.62 bits per heavy atom. The number of likely N-dealkylation sites (tertiary alicyclic amines) is 1. The van der Waals surface area contributed by atoms with E-state index in [1.54, 1.807) is 6.20 Å². The third kappa shape index (κ3) is 4.71. The third-order valence-corrected chi connectivity index (χ3v) is 6.26. The van der Waals surface area contributed by atoms with Gasteiger partial charge in [-0.1, -0.05) is 30.3 Å². The number of hydrogen-bond donors (Lipinski definition) is 0. The molecule has 0 saturated carbocycles. The Balaban J connectivity index is 1.31. The van der Waals surface area contributed by atoms with Crippen LogP contribution in [0.2, 0.25) is 0 Å². The number of rotatable bonds is 6. The van der Waals surface area contributed by atoms with Gasteiger partial charge in [0.15, 0.2) is 0 Å². The largest absolute Gasteiger partial charge is 0.389 e.